The van der Waals surface area contributed by atoms with Gasteiger partial charge in [-0.2, -0.15) is 0 Å². The average Bonchev–Trinajstić information content (AvgIpc) is 3.65. The van der Waals surface area contributed by atoms with Gasteiger partial charge in [0.05, 0.1) is 24.3 Å². The van der Waals surface area contributed by atoms with E-state index >= 15 is 0 Å². The molecule has 3 heterocycles. The van der Waals surface area contributed by atoms with Gasteiger partial charge in [-0.15, -0.1) is 5.10 Å². The molecule has 2 fully saturated rings. The lowest BCUT2D eigenvalue weighted by molar-refractivity contribution is -0.138. The highest BCUT2D eigenvalue weighted by Crippen LogP contribution is 2.20. The maximum atomic E-state index is 13.8. The predicted octanol–water partition coefficient (Wildman–Crippen LogP) is 2.39. The second-order valence-corrected chi connectivity index (χ2v) is 13.1. The molecule has 0 bridgehead atoms. The van der Waals surface area contributed by atoms with Gasteiger partial charge in [-0.3, -0.25) is 23.6 Å². The molecule has 18 heteroatoms. The number of hydrogen-bond donors (Lipinski definition) is 4. The highest BCUT2D eigenvalue weighted by Gasteiger charge is 2.28. The highest BCUT2D eigenvalue weighted by atomic mass is 19.1. The number of urea groups is 2. The number of alkyl halides is 1. The topological polar surface area (TPSA) is 211 Å². The van der Waals surface area contributed by atoms with Crippen molar-refractivity contribution in [3.8, 4) is 5.69 Å². The third-order valence-electron chi connectivity index (χ3n) is 9.18. The van der Waals surface area contributed by atoms with Gasteiger partial charge in [-0.25, -0.2) is 14.3 Å². The number of unbranched alkanes of at least 4 members (excludes halogenated alkanes) is 4. The Kier molecular flexibility index (Phi) is 15.8. The van der Waals surface area contributed by atoms with Crippen LogP contribution in [0.25, 0.3) is 5.69 Å². The molecule has 290 valence electrons. The summed E-state index contributed by atoms with van der Waals surface area (Å²) in [6, 6.07) is 4.30. The van der Waals surface area contributed by atoms with Gasteiger partial charge in [0.2, 0.25) is 0 Å². The lowest BCUT2D eigenvalue weighted by Gasteiger charge is -2.35. The first-order valence-electron chi connectivity index (χ1n) is 18.3. The number of nitrogens with one attached hydrogen (secondary N) is 2. The van der Waals surface area contributed by atoms with Crippen molar-refractivity contribution in [1.82, 2.24) is 45.2 Å². The average molecular weight is 744 g/mol. The highest BCUT2D eigenvalue weighted by molar-refractivity contribution is 6.01. The molecule has 4 rings (SSSR count). The van der Waals surface area contributed by atoms with Crippen LogP contribution in [0.3, 0.4) is 0 Å². The number of carboxylic acid groups (broad SMARTS) is 2. The SMILES string of the molecule is O=C(O)CCCCCNC(=O)N1CCN(C(=O)c2cc(C(=O)N3CCN(C(=O)NCCCCCC(=O)O)CC3)cc(-n3cc(CCCF)nn3)c2)CC1. The minimum atomic E-state index is -0.841. The van der Waals surface area contributed by atoms with E-state index in [9.17, 15) is 33.2 Å². The van der Waals surface area contributed by atoms with Gasteiger partial charge in [0.25, 0.3) is 11.8 Å². The van der Waals surface area contributed by atoms with E-state index in [1.54, 1.807) is 44.0 Å². The van der Waals surface area contributed by atoms with Crippen molar-refractivity contribution >= 4 is 35.8 Å². The molecule has 2 aromatic rings. The van der Waals surface area contributed by atoms with Crippen molar-refractivity contribution < 1.29 is 43.4 Å². The van der Waals surface area contributed by atoms with Crippen LogP contribution in [0.5, 0.6) is 0 Å². The molecule has 1 aromatic heterocycles. The second-order valence-electron chi connectivity index (χ2n) is 13.1. The van der Waals surface area contributed by atoms with Crippen LogP contribution in [0.15, 0.2) is 24.4 Å². The number of aromatic nitrogens is 3. The molecule has 0 aliphatic carbocycles. The number of carbonyl (C=O) groups is 6. The first-order valence-corrected chi connectivity index (χ1v) is 18.3. The van der Waals surface area contributed by atoms with E-state index in [4.69, 9.17) is 10.2 Å². The van der Waals surface area contributed by atoms with Crippen molar-refractivity contribution in [2.75, 3.05) is 72.1 Å². The summed E-state index contributed by atoms with van der Waals surface area (Å²) in [6.45, 7) is 2.72. The molecule has 0 saturated carbocycles. The molecule has 0 spiro atoms. The second kappa shape index (κ2) is 20.7. The first kappa shape index (κ1) is 40.5. The van der Waals surface area contributed by atoms with Crippen LogP contribution in [0.2, 0.25) is 0 Å². The number of carbonyl (C=O) groups excluding carboxylic acids is 4. The lowest BCUT2D eigenvalue weighted by Crippen LogP contribution is -2.53. The van der Waals surface area contributed by atoms with Gasteiger partial charge in [0.15, 0.2) is 0 Å². The van der Waals surface area contributed by atoms with Crippen LogP contribution in [-0.4, -0.2) is 153 Å². The minimum absolute atomic E-state index is 0.0989. The fourth-order valence-corrected chi connectivity index (χ4v) is 6.14. The number of amides is 6. The quantitative estimate of drug-likeness (QED) is 0.164. The van der Waals surface area contributed by atoms with Crippen LogP contribution >= 0.6 is 0 Å². The van der Waals surface area contributed by atoms with E-state index in [-0.39, 0.29) is 80.4 Å². The molecular weight excluding hydrogens is 693 g/mol. The number of hydrogen-bond acceptors (Lipinski definition) is 8. The molecular formula is C35H50FN9O8. The number of benzene rings is 1. The smallest absolute Gasteiger partial charge is 0.317 e. The molecule has 1 aromatic carbocycles. The normalized spacial score (nSPS) is 14.6. The van der Waals surface area contributed by atoms with Crippen LogP contribution in [0.1, 0.15) is 84.2 Å². The van der Waals surface area contributed by atoms with Crippen molar-refractivity contribution in [2.45, 2.75) is 64.2 Å². The molecule has 6 amide bonds. The van der Waals surface area contributed by atoms with Gasteiger partial charge in [0.1, 0.15) is 0 Å². The number of aliphatic carboxylic acids is 2. The Hall–Kier alpha value is -5.29. The van der Waals surface area contributed by atoms with Crippen LogP contribution in [-0.2, 0) is 16.0 Å². The Morgan fingerprint density at radius 1 is 0.623 bits per heavy atom. The maximum absolute atomic E-state index is 13.8. The molecule has 2 aliphatic rings. The molecule has 0 unspecified atom stereocenters. The monoisotopic (exact) mass is 743 g/mol. The zero-order valence-electron chi connectivity index (χ0n) is 30.0. The fraction of sp³-hybridized carbons (Fsp3) is 0.600. The number of carboxylic acids is 2. The number of halogens is 1. The van der Waals surface area contributed by atoms with E-state index in [1.807, 2.05) is 0 Å². The summed E-state index contributed by atoms with van der Waals surface area (Å²) in [6.07, 6.45) is 6.33. The zero-order valence-corrected chi connectivity index (χ0v) is 30.0. The van der Waals surface area contributed by atoms with Crippen LogP contribution in [0.4, 0.5) is 14.0 Å². The summed E-state index contributed by atoms with van der Waals surface area (Å²) in [5, 5.41) is 31.5. The van der Waals surface area contributed by atoms with E-state index in [0.717, 1.165) is 0 Å². The number of nitrogens with zero attached hydrogens (tertiary/aromatic N) is 7. The molecule has 0 radical (unpaired) electrons. The lowest BCUT2D eigenvalue weighted by atomic mass is 10.1. The number of rotatable bonds is 18. The molecule has 4 N–H and O–H groups in total. The zero-order chi connectivity index (χ0) is 38.2. The minimum Gasteiger partial charge on any atom is -0.481 e. The van der Waals surface area contributed by atoms with Crippen molar-refractivity contribution in [1.29, 1.82) is 0 Å². The third kappa shape index (κ3) is 12.7. The Balaban J connectivity index is 1.37. The van der Waals surface area contributed by atoms with Crippen LogP contribution < -0.4 is 10.6 Å². The number of piperazine rings is 2. The first-order chi connectivity index (χ1) is 25.5. The largest absolute Gasteiger partial charge is 0.481 e. The third-order valence-corrected chi connectivity index (χ3v) is 9.18. The Bertz CT molecular complexity index is 1480. The van der Waals surface area contributed by atoms with Gasteiger partial charge in [-0.1, -0.05) is 18.1 Å². The molecule has 53 heavy (non-hydrogen) atoms. The molecule has 2 aliphatic heterocycles. The van der Waals surface area contributed by atoms with Crippen LogP contribution in [0, 0.1) is 0 Å². The summed E-state index contributed by atoms with van der Waals surface area (Å²) in [7, 11) is 0. The van der Waals surface area contributed by atoms with Gasteiger partial charge in [0, 0.05) is 89.4 Å². The molecule has 0 atom stereocenters. The molecule has 17 nitrogen and oxygen atoms in total. The van der Waals surface area contributed by atoms with E-state index in [0.29, 0.717) is 95.6 Å². The van der Waals surface area contributed by atoms with Gasteiger partial charge < -0.3 is 40.4 Å². The summed E-state index contributed by atoms with van der Waals surface area (Å²) < 4.78 is 14.2. The van der Waals surface area contributed by atoms with Gasteiger partial charge >= 0.3 is 24.0 Å². The van der Waals surface area contributed by atoms with Gasteiger partial charge in [-0.05, 0) is 56.7 Å². The van der Waals surface area contributed by atoms with E-state index < -0.39 is 18.6 Å². The fourth-order valence-electron chi connectivity index (χ4n) is 6.14. The summed E-state index contributed by atoms with van der Waals surface area (Å²) in [4.78, 5) is 80.9. The Morgan fingerprint density at radius 3 is 1.51 bits per heavy atom. The Labute approximate surface area is 307 Å². The van der Waals surface area contributed by atoms with Crippen molar-refractivity contribution in [2.24, 2.45) is 0 Å². The standard InChI is InChI=1S/C35H50FN9O8/c36-11-7-8-28-25-45(40-39-28)29-23-26(32(50)41-14-18-43(19-15-41)34(52)37-12-5-1-3-9-30(46)47)22-27(24-29)33(51)42-16-20-44(21-17-42)35(53)38-13-6-2-4-10-31(48)49/h22-25H,1-21H2,(H,37,52)(H,38,53)(H,46,47)(H,48,49). The van der Waals surface area contributed by atoms with Crippen molar-refractivity contribution in [3.05, 3.63) is 41.2 Å². The summed E-state index contributed by atoms with van der Waals surface area (Å²) >= 11 is 0. The maximum Gasteiger partial charge on any atom is 0.317 e. The number of aryl methyl sites for hydroxylation is 1. The van der Waals surface area contributed by atoms with E-state index in [2.05, 4.69) is 20.9 Å². The predicted molar refractivity (Wildman–Crippen MR) is 190 cm³/mol. The summed E-state index contributed by atoms with van der Waals surface area (Å²) in [5.41, 5.74) is 1.51. The molecule has 2 saturated heterocycles. The summed E-state index contributed by atoms with van der Waals surface area (Å²) in [5.74, 6) is -2.32. The van der Waals surface area contributed by atoms with E-state index in [1.165, 1.54) is 4.68 Å². The Morgan fingerprint density at radius 2 is 1.08 bits per heavy atom. The van der Waals surface area contributed by atoms with Crippen molar-refractivity contribution in [3.63, 3.8) is 0 Å².